The van der Waals surface area contributed by atoms with Gasteiger partial charge in [0.15, 0.2) is 0 Å². The lowest BCUT2D eigenvalue weighted by atomic mass is 10.1. The van der Waals surface area contributed by atoms with Gasteiger partial charge in [-0.05, 0) is 31.9 Å². The van der Waals surface area contributed by atoms with E-state index in [9.17, 15) is 9.59 Å². The fraction of sp³-hybridized carbons (Fsp3) is 0.500. The number of ether oxygens (including phenoxy) is 1. The van der Waals surface area contributed by atoms with Gasteiger partial charge in [-0.15, -0.1) is 0 Å². The molecule has 0 radical (unpaired) electrons. The van der Waals surface area contributed by atoms with Crippen LogP contribution in [0.3, 0.4) is 0 Å². The maximum absolute atomic E-state index is 12.4. The van der Waals surface area contributed by atoms with E-state index in [1.54, 1.807) is 18.9 Å². The summed E-state index contributed by atoms with van der Waals surface area (Å²) in [5, 5.41) is 2.88. The highest BCUT2D eigenvalue weighted by Gasteiger charge is 2.29. The Hall–Kier alpha value is -1.88. The van der Waals surface area contributed by atoms with Crippen LogP contribution < -0.4 is 5.32 Å². The number of hydrogen-bond acceptors (Lipinski definition) is 3. The number of para-hydroxylation sites is 1. The van der Waals surface area contributed by atoms with Gasteiger partial charge in [-0.1, -0.05) is 18.2 Å². The number of hydrogen-bond donors (Lipinski definition) is 1. The summed E-state index contributed by atoms with van der Waals surface area (Å²) in [6.45, 7) is 4.15. The number of rotatable bonds is 4. The third kappa shape index (κ3) is 3.61. The molecule has 1 aliphatic heterocycles. The summed E-state index contributed by atoms with van der Waals surface area (Å²) in [7, 11) is 1.63. The van der Waals surface area contributed by atoms with Crippen LogP contribution >= 0.6 is 0 Å². The standard InChI is InChI=1S/C16H22N2O3/c1-11(21-3)8-9-15(19)18-10-13-6-4-5-7-14(13)17-16(20)12(18)2/h4-7,11-12H,8-10H2,1-3H3,(H,17,20). The smallest absolute Gasteiger partial charge is 0.246 e. The van der Waals surface area contributed by atoms with Crippen LogP contribution in [0.2, 0.25) is 0 Å². The first kappa shape index (κ1) is 15.5. The molecule has 0 aromatic heterocycles. The van der Waals surface area contributed by atoms with Crippen LogP contribution in [0.25, 0.3) is 0 Å². The second kappa shape index (κ2) is 6.72. The van der Waals surface area contributed by atoms with E-state index in [2.05, 4.69) is 5.32 Å². The van der Waals surface area contributed by atoms with E-state index >= 15 is 0 Å². The van der Waals surface area contributed by atoms with Gasteiger partial charge in [0, 0.05) is 25.8 Å². The average Bonchev–Trinajstić information content (AvgIpc) is 2.62. The molecule has 21 heavy (non-hydrogen) atoms. The van der Waals surface area contributed by atoms with Crippen LogP contribution in [0.5, 0.6) is 0 Å². The van der Waals surface area contributed by atoms with E-state index in [1.807, 2.05) is 31.2 Å². The lowest BCUT2D eigenvalue weighted by molar-refractivity contribution is -0.139. The first-order chi connectivity index (χ1) is 10.0. The molecule has 1 N–H and O–H groups in total. The Balaban J connectivity index is 2.14. The Bertz CT molecular complexity index is 530. The molecule has 2 amide bonds. The Morgan fingerprint density at radius 1 is 1.48 bits per heavy atom. The van der Waals surface area contributed by atoms with Crippen molar-refractivity contribution in [2.24, 2.45) is 0 Å². The van der Waals surface area contributed by atoms with Crippen LogP contribution in [0, 0.1) is 0 Å². The molecule has 0 spiro atoms. The molecule has 114 valence electrons. The van der Waals surface area contributed by atoms with Crippen LogP contribution in [0.15, 0.2) is 24.3 Å². The Morgan fingerprint density at radius 3 is 2.90 bits per heavy atom. The van der Waals surface area contributed by atoms with Gasteiger partial charge in [0.1, 0.15) is 6.04 Å². The average molecular weight is 290 g/mol. The molecule has 1 aromatic carbocycles. The quantitative estimate of drug-likeness (QED) is 0.924. The summed E-state index contributed by atoms with van der Waals surface area (Å²) in [5.41, 5.74) is 1.75. The molecule has 5 nitrogen and oxygen atoms in total. The number of methoxy groups -OCH3 is 1. The van der Waals surface area contributed by atoms with Crippen LogP contribution in [0.1, 0.15) is 32.3 Å². The van der Waals surface area contributed by atoms with Crippen molar-refractivity contribution in [3.05, 3.63) is 29.8 Å². The predicted molar refractivity (Wildman–Crippen MR) is 80.8 cm³/mol. The number of nitrogens with zero attached hydrogens (tertiary/aromatic N) is 1. The van der Waals surface area contributed by atoms with Gasteiger partial charge in [0.05, 0.1) is 6.10 Å². The minimum atomic E-state index is -0.470. The zero-order valence-corrected chi connectivity index (χ0v) is 12.8. The topological polar surface area (TPSA) is 58.6 Å². The van der Waals surface area contributed by atoms with E-state index in [0.29, 0.717) is 19.4 Å². The molecule has 2 rings (SSSR count). The second-order valence-electron chi connectivity index (χ2n) is 5.43. The second-order valence-corrected chi connectivity index (χ2v) is 5.43. The van der Waals surface area contributed by atoms with Gasteiger partial charge < -0.3 is 15.0 Å². The monoisotopic (exact) mass is 290 g/mol. The normalized spacial score (nSPS) is 19.5. The molecule has 5 heteroatoms. The van der Waals surface area contributed by atoms with E-state index in [1.165, 1.54) is 0 Å². The van der Waals surface area contributed by atoms with E-state index in [0.717, 1.165) is 11.3 Å². The number of carbonyl (C=O) groups is 2. The minimum absolute atomic E-state index is 0.0155. The molecule has 2 atom stereocenters. The van der Waals surface area contributed by atoms with E-state index in [4.69, 9.17) is 4.74 Å². The third-order valence-electron chi connectivity index (χ3n) is 3.95. The zero-order valence-electron chi connectivity index (χ0n) is 12.8. The molecule has 0 fully saturated rings. The molecule has 0 saturated carbocycles. The third-order valence-corrected chi connectivity index (χ3v) is 3.95. The van der Waals surface area contributed by atoms with Crippen molar-refractivity contribution in [3.63, 3.8) is 0 Å². The predicted octanol–water partition coefficient (Wildman–Crippen LogP) is 2.17. The summed E-state index contributed by atoms with van der Waals surface area (Å²) in [5.74, 6) is -0.161. The fourth-order valence-electron chi connectivity index (χ4n) is 2.37. The maximum atomic E-state index is 12.4. The number of carbonyl (C=O) groups excluding carboxylic acids is 2. The molecule has 2 unspecified atom stereocenters. The molecular formula is C16H22N2O3. The summed E-state index contributed by atoms with van der Waals surface area (Å²) >= 11 is 0. The van der Waals surface area contributed by atoms with Crippen molar-refractivity contribution in [3.8, 4) is 0 Å². The van der Waals surface area contributed by atoms with Crippen molar-refractivity contribution in [2.45, 2.75) is 45.4 Å². The highest BCUT2D eigenvalue weighted by atomic mass is 16.5. The summed E-state index contributed by atoms with van der Waals surface area (Å²) in [6, 6.07) is 7.12. The Morgan fingerprint density at radius 2 is 2.19 bits per heavy atom. The first-order valence-electron chi connectivity index (χ1n) is 7.24. The molecule has 0 saturated heterocycles. The number of nitrogens with one attached hydrogen (secondary N) is 1. The van der Waals surface area contributed by atoms with Crippen molar-refractivity contribution < 1.29 is 14.3 Å². The molecule has 1 heterocycles. The lowest BCUT2D eigenvalue weighted by Crippen LogP contribution is -2.43. The number of anilines is 1. The molecule has 1 aliphatic rings. The number of amides is 2. The summed E-state index contributed by atoms with van der Waals surface area (Å²) in [4.78, 5) is 26.2. The highest BCUT2D eigenvalue weighted by molar-refractivity contribution is 5.98. The first-order valence-corrected chi connectivity index (χ1v) is 7.24. The highest BCUT2D eigenvalue weighted by Crippen LogP contribution is 2.23. The summed E-state index contributed by atoms with van der Waals surface area (Å²) in [6.07, 6.45) is 1.08. The Labute approximate surface area is 125 Å². The van der Waals surface area contributed by atoms with Gasteiger partial charge in [-0.2, -0.15) is 0 Å². The number of fused-ring (bicyclic) bond motifs is 1. The summed E-state index contributed by atoms with van der Waals surface area (Å²) < 4.78 is 5.17. The SMILES string of the molecule is COC(C)CCC(=O)N1Cc2ccccc2NC(=O)C1C. The molecule has 0 bridgehead atoms. The molecule has 1 aromatic rings. The van der Waals surface area contributed by atoms with E-state index < -0.39 is 6.04 Å². The molecular weight excluding hydrogens is 268 g/mol. The van der Waals surface area contributed by atoms with Crippen LogP contribution in [-0.4, -0.2) is 36.0 Å². The zero-order chi connectivity index (χ0) is 15.4. The molecule has 0 aliphatic carbocycles. The van der Waals surface area contributed by atoms with Crippen molar-refractivity contribution in [1.82, 2.24) is 4.90 Å². The lowest BCUT2D eigenvalue weighted by Gasteiger charge is -2.26. The van der Waals surface area contributed by atoms with Gasteiger partial charge in [-0.25, -0.2) is 0 Å². The van der Waals surface area contributed by atoms with E-state index in [-0.39, 0.29) is 17.9 Å². The van der Waals surface area contributed by atoms with Crippen molar-refractivity contribution in [2.75, 3.05) is 12.4 Å². The van der Waals surface area contributed by atoms with Crippen molar-refractivity contribution >= 4 is 17.5 Å². The van der Waals surface area contributed by atoms with Gasteiger partial charge in [-0.3, -0.25) is 9.59 Å². The van der Waals surface area contributed by atoms with Gasteiger partial charge in [0.25, 0.3) is 0 Å². The number of benzene rings is 1. The van der Waals surface area contributed by atoms with Gasteiger partial charge >= 0.3 is 0 Å². The maximum Gasteiger partial charge on any atom is 0.246 e. The van der Waals surface area contributed by atoms with Crippen LogP contribution in [0.4, 0.5) is 5.69 Å². The van der Waals surface area contributed by atoms with Crippen LogP contribution in [-0.2, 0) is 20.9 Å². The van der Waals surface area contributed by atoms with Gasteiger partial charge in [0.2, 0.25) is 11.8 Å². The minimum Gasteiger partial charge on any atom is -0.382 e. The largest absolute Gasteiger partial charge is 0.382 e. The fourth-order valence-corrected chi connectivity index (χ4v) is 2.37. The van der Waals surface area contributed by atoms with Crippen molar-refractivity contribution in [1.29, 1.82) is 0 Å². The Kier molecular flexibility index (Phi) is 4.96.